The molecule has 3 rings (SSSR count). The molecule has 19 heavy (non-hydrogen) atoms. The third kappa shape index (κ3) is 2.51. The van der Waals surface area contributed by atoms with Crippen molar-refractivity contribution in [1.82, 2.24) is 0 Å². The quantitative estimate of drug-likeness (QED) is 0.883. The zero-order chi connectivity index (χ0) is 13.2. The van der Waals surface area contributed by atoms with Crippen molar-refractivity contribution < 1.29 is 9.59 Å². The Morgan fingerprint density at radius 1 is 1.26 bits per heavy atom. The second kappa shape index (κ2) is 4.85. The van der Waals surface area contributed by atoms with Crippen LogP contribution in [0.2, 0.25) is 0 Å². The Morgan fingerprint density at radius 2 is 2.16 bits per heavy atom. The molecule has 2 N–H and O–H groups in total. The predicted molar refractivity (Wildman–Crippen MR) is 75.7 cm³/mol. The van der Waals surface area contributed by atoms with Crippen molar-refractivity contribution >= 4 is 34.5 Å². The summed E-state index contributed by atoms with van der Waals surface area (Å²) in [7, 11) is 0. The molecule has 0 saturated heterocycles. The lowest BCUT2D eigenvalue weighted by Gasteiger charge is -2.17. The first-order valence-corrected chi connectivity index (χ1v) is 6.93. The fraction of sp³-hybridized carbons (Fsp3) is 0.143. The zero-order valence-electron chi connectivity index (χ0n) is 10.1. The molecule has 1 aromatic heterocycles. The van der Waals surface area contributed by atoms with Crippen molar-refractivity contribution in [2.75, 3.05) is 10.6 Å². The van der Waals surface area contributed by atoms with Gasteiger partial charge in [-0.1, -0.05) is 0 Å². The van der Waals surface area contributed by atoms with Gasteiger partial charge in [0.25, 0.3) is 5.91 Å². The van der Waals surface area contributed by atoms with Gasteiger partial charge in [-0.05, 0) is 41.6 Å². The normalized spacial score (nSPS) is 13.6. The van der Waals surface area contributed by atoms with Crippen molar-refractivity contribution in [3.05, 3.63) is 46.2 Å². The monoisotopic (exact) mass is 272 g/mol. The molecule has 2 aromatic rings. The van der Waals surface area contributed by atoms with Gasteiger partial charge in [0.15, 0.2) is 0 Å². The maximum atomic E-state index is 11.9. The van der Waals surface area contributed by atoms with Gasteiger partial charge < -0.3 is 10.6 Å². The van der Waals surface area contributed by atoms with Crippen LogP contribution in [0.15, 0.2) is 35.0 Å². The molecule has 1 aromatic carbocycles. The Kier molecular flexibility index (Phi) is 3.05. The molecule has 1 aliphatic heterocycles. The van der Waals surface area contributed by atoms with Crippen LogP contribution in [0.25, 0.3) is 0 Å². The summed E-state index contributed by atoms with van der Waals surface area (Å²) in [6.07, 6.45) is 1.21. The SMILES string of the molecule is O=C1CCc2cc(NC(=O)c3ccsc3)ccc2N1. The number of thiophene rings is 1. The van der Waals surface area contributed by atoms with Gasteiger partial charge >= 0.3 is 0 Å². The highest BCUT2D eigenvalue weighted by molar-refractivity contribution is 7.08. The highest BCUT2D eigenvalue weighted by Gasteiger charge is 2.15. The molecule has 2 heterocycles. The van der Waals surface area contributed by atoms with E-state index in [9.17, 15) is 9.59 Å². The van der Waals surface area contributed by atoms with Crippen LogP contribution in [-0.4, -0.2) is 11.8 Å². The molecule has 4 nitrogen and oxygen atoms in total. The second-order valence-corrected chi connectivity index (χ2v) is 5.17. The lowest BCUT2D eigenvalue weighted by atomic mass is 10.0. The number of benzene rings is 1. The molecule has 0 unspecified atom stereocenters. The van der Waals surface area contributed by atoms with E-state index in [1.807, 2.05) is 22.9 Å². The summed E-state index contributed by atoms with van der Waals surface area (Å²) in [6.45, 7) is 0. The van der Waals surface area contributed by atoms with Crippen molar-refractivity contribution in [2.24, 2.45) is 0 Å². The number of fused-ring (bicyclic) bond motifs is 1. The van der Waals surface area contributed by atoms with E-state index >= 15 is 0 Å². The fourth-order valence-corrected chi connectivity index (χ4v) is 2.69. The molecule has 0 spiro atoms. The van der Waals surface area contributed by atoms with Crippen LogP contribution in [0, 0.1) is 0 Å². The van der Waals surface area contributed by atoms with Gasteiger partial charge in [-0.15, -0.1) is 0 Å². The molecule has 0 atom stereocenters. The average Bonchev–Trinajstić information content (AvgIpc) is 2.93. The van der Waals surface area contributed by atoms with Gasteiger partial charge in [-0.25, -0.2) is 0 Å². The number of rotatable bonds is 2. The van der Waals surface area contributed by atoms with Crippen LogP contribution < -0.4 is 10.6 Å². The fourth-order valence-electron chi connectivity index (χ4n) is 2.06. The highest BCUT2D eigenvalue weighted by Crippen LogP contribution is 2.26. The van der Waals surface area contributed by atoms with E-state index in [0.29, 0.717) is 18.4 Å². The van der Waals surface area contributed by atoms with Crippen molar-refractivity contribution in [3.63, 3.8) is 0 Å². The minimum Gasteiger partial charge on any atom is -0.326 e. The van der Waals surface area contributed by atoms with Crippen LogP contribution in [0.3, 0.4) is 0 Å². The Labute approximate surface area is 114 Å². The van der Waals surface area contributed by atoms with E-state index in [1.165, 1.54) is 11.3 Å². The summed E-state index contributed by atoms with van der Waals surface area (Å²) in [5, 5.41) is 9.36. The molecule has 0 aliphatic carbocycles. The number of hydrogen-bond acceptors (Lipinski definition) is 3. The van der Waals surface area contributed by atoms with Crippen molar-refractivity contribution in [2.45, 2.75) is 12.8 Å². The molecule has 1 aliphatic rings. The van der Waals surface area contributed by atoms with Gasteiger partial charge in [0.1, 0.15) is 0 Å². The molecule has 0 fully saturated rings. The first-order chi connectivity index (χ1) is 9.22. The van der Waals surface area contributed by atoms with Crippen LogP contribution in [0.4, 0.5) is 11.4 Å². The maximum Gasteiger partial charge on any atom is 0.256 e. The molecular weight excluding hydrogens is 260 g/mol. The number of hydrogen-bond donors (Lipinski definition) is 2. The minimum absolute atomic E-state index is 0.0440. The average molecular weight is 272 g/mol. The van der Waals surface area contributed by atoms with Gasteiger partial charge in [0, 0.05) is 23.2 Å². The number of carbonyl (C=O) groups excluding carboxylic acids is 2. The molecule has 0 radical (unpaired) electrons. The van der Waals surface area contributed by atoms with E-state index in [4.69, 9.17) is 0 Å². The van der Waals surface area contributed by atoms with Crippen LogP contribution >= 0.6 is 11.3 Å². The molecule has 96 valence electrons. The molecular formula is C14H12N2O2S. The van der Waals surface area contributed by atoms with Crippen LogP contribution in [0.1, 0.15) is 22.3 Å². The first kappa shape index (κ1) is 11.9. The summed E-state index contributed by atoms with van der Waals surface area (Å²) in [4.78, 5) is 23.2. The van der Waals surface area contributed by atoms with E-state index in [0.717, 1.165) is 16.9 Å². The largest absolute Gasteiger partial charge is 0.326 e. The van der Waals surface area contributed by atoms with Gasteiger partial charge in [-0.3, -0.25) is 9.59 Å². The van der Waals surface area contributed by atoms with Gasteiger partial charge in [0.05, 0.1) is 5.56 Å². The molecule has 5 heteroatoms. The standard InChI is InChI=1S/C14H12N2O2S/c17-13-4-1-9-7-11(2-3-12(9)16-13)15-14(18)10-5-6-19-8-10/h2-3,5-8H,1,4H2,(H,15,18)(H,16,17). The number of carbonyl (C=O) groups is 2. The van der Waals surface area contributed by atoms with Gasteiger partial charge in [-0.2, -0.15) is 11.3 Å². The lowest BCUT2D eigenvalue weighted by Crippen LogP contribution is -2.19. The third-order valence-electron chi connectivity index (χ3n) is 3.04. The molecule has 2 amide bonds. The van der Waals surface area contributed by atoms with E-state index in [2.05, 4.69) is 10.6 Å². The number of anilines is 2. The zero-order valence-corrected chi connectivity index (χ0v) is 10.9. The maximum absolute atomic E-state index is 11.9. The molecule has 0 bridgehead atoms. The number of amides is 2. The Hall–Kier alpha value is -2.14. The first-order valence-electron chi connectivity index (χ1n) is 5.99. The Bertz CT molecular complexity index is 635. The van der Waals surface area contributed by atoms with Crippen molar-refractivity contribution in [1.29, 1.82) is 0 Å². The summed E-state index contributed by atoms with van der Waals surface area (Å²) in [5.41, 5.74) is 3.31. The van der Waals surface area contributed by atoms with Crippen molar-refractivity contribution in [3.8, 4) is 0 Å². The topological polar surface area (TPSA) is 58.2 Å². The summed E-state index contributed by atoms with van der Waals surface area (Å²) in [6, 6.07) is 7.34. The third-order valence-corrected chi connectivity index (χ3v) is 3.73. The van der Waals surface area contributed by atoms with Gasteiger partial charge in [0.2, 0.25) is 5.91 Å². The summed E-state index contributed by atoms with van der Waals surface area (Å²) < 4.78 is 0. The second-order valence-electron chi connectivity index (χ2n) is 4.39. The number of aryl methyl sites for hydroxylation is 1. The van der Waals surface area contributed by atoms with E-state index in [1.54, 1.807) is 12.1 Å². The smallest absolute Gasteiger partial charge is 0.256 e. The predicted octanol–water partition coefficient (Wildman–Crippen LogP) is 2.89. The van der Waals surface area contributed by atoms with E-state index in [-0.39, 0.29) is 11.8 Å². The highest BCUT2D eigenvalue weighted by atomic mass is 32.1. The Morgan fingerprint density at radius 3 is 2.95 bits per heavy atom. The van der Waals surface area contributed by atoms with E-state index < -0.39 is 0 Å². The number of nitrogens with one attached hydrogen (secondary N) is 2. The Balaban J connectivity index is 1.79. The lowest BCUT2D eigenvalue weighted by molar-refractivity contribution is -0.116. The van der Waals surface area contributed by atoms with Crippen LogP contribution in [0.5, 0.6) is 0 Å². The molecule has 0 saturated carbocycles. The van der Waals surface area contributed by atoms with Crippen LogP contribution in [-0.2, 0) is 11.2 Å². The minimum atomic E-state index is -0.110. The summed E-state index contributed by atoms with van der Waals surface area (Å²) in [5.74, 6) is -0.0661. The summed E-state index contributed by atoms with van der Waals surface area (Å²) >= 11 is 1.49.